The molecule has 1 fully saturated rings. The average molecular weight is 458 g/mol. The predicted octanol–water partition coefficient (Wildman–Crippen LogP) is 4.80. The largest absolute Gasteiger partial charge is 0.493 e. The Balaban J connectivity index is 1.26. The van der Waals surface area contributed by atoms with E-state index in [1.807, 2.05) is 6.92 Å². The number of amides is 1. The Morgan fingerprint density at radius 3 is 2.67 bits per heavy atom. The Hall–Kier alpha value is -3.33. The number of methoxy groups -OCH3 is 2. The third kappa shape index (κ3) is 5.36. The molecule has 176 valence electrons. The molecule has 8 nitrogen and oxygen atoms in total. The van der Waals surface area contributed by atoms with E-state index in [0.29, 0.717) is 29.3 Å². The number of ether oxygens (including phenoxy) is 3. The van der Waals surface area contributed by atoms with Crippen molar-refractivity contribution in [2.45, 2.75) is 31.8 Å². The fourth-order valence-electron chi connectivity index (χ4n) is 4.26. The van der Waals surface area contributed by atoms with Gasteiger partial charge >= 0.3 is 6.09 Å². The van der Waals surface area contributed by atoms with Crippen molar-refractivity contribution >= 4 is 22.7 Å². The topological polar surface area (TPSA) is 86.1 Å². The van der Waals surface area contributed by atoms with E-state index in [0.717, 1.165) is 37.0 Å². The van der Waals surface area contributed by atoms with Crippen LogP contribution in [0.1, 0.15) is 31.4 Å². The average Bonchev–Trinajstić information content (AvgIpc) is 3.22. The molecule has 1 aliphatic heterocycles. The van der Waals surface area contributed by atoms with Crippen LogP contribution in [0.5, 0.6) is 11.5 Å². The number of halogens is 1. The highest BCUT2D eigenvalue weighted by molar-refractivity contribution is 5.85. The van der Waals surface area contributed by atoms with E-state index >= 15 is 0 Å². The van der Waals surface area contributed by atoms with Gasteiger partial charge in [-0.15, -0.1) is 0 Å². The van der Waals surface area contributed by atoms with Crippen LogP contribution in [0.4, 0.5) is 14.9 Å². The van der Waals surface area contributed by atoms with Gasteiger partial charge in [0.1, 0.15) is 11.9 Å². The highest BCUT2D eigenvalue weighted by Gasteiger charge is 2.26. The van der Waals surface area contributed by atoms with Crippen molar-refractivity contribution in [2.75, 3.05) is 39.2 Å². The SMILES string of the molecule is COc1ccc(NC(=O)OC(C)CN2CCC(c3noc4cc(F)ccc34)CC2)cc1OC. The summed E-state index contributed by atoms with van der Waals surface area (Å²) in [5.41, 5.74) is 1.93. The monoisotopic (exact) mass is 457 g/mol. The van der Waals surface area contributed by atoms with Crippen molar-refractivity contribution in [1.29, 1.82) is 0 Å². The predicted molar refractivity (Wildman–Crippen MR) is 121 cm³/mol. The van der Waals surface area contributed by atoms with Crippen molar-refractivity contribution in [2.24, 2.45) is 0 Å². The molecule has 0 aliphatic carbocycles. The third-order valence-corrected chi connectivity index (χ3v) is 5.89. The summed E-state index contributed by atoms with van der Waals surface area (Å²) in [5.74, 6) is 1.04. The van der Waals surface area contributed by atoms with Crippen molar-refractivity contribution in [3.63, 3.8) is 0 Å². The summed E-state index contributed by atoms with van der Waals surface area (Å²) in [6, 6.07) is 9.65. The maximum atomic E-state index is 13.4. The molecule has 0 saturated carbocycles. The first-order valence-electron chi connectivity index (χ1n) is 10.9. The van der Waals surface area contributed by atoms with Gasteiger partial charge in [-0.25, -0.2) is 9.18 Å². The van der Waals surface area contributed by atoms with Crippen LogP contribution in [0.3, 0.4) is 0 Å². The van der Waals surface area contributed by atoms with Gasteiger partial charge in [-0.2, -0.15) is 0 Å². The van der Waals surface area contributed by atoms with Crippen LogP contribution in [0, 0.1) is 5.82 Å². The molecular weight excluding hydrogens is 429 g/mol. The third-order valence-electron chi connectivity index (χ3n) is 5.89. The van der Waals surface area contributed by atoms with Gasteiger partial charge in [0, 0.05) is 35.7 Å². The Morgan fingerprint density at radius 1 is 1.18 bits per heavy atom. The number of rotatable bonds is 7. The lowest BCUT2D eigenvalue weighted by Crippen LogP contribution is -2.39. The molecule has 1 aromatic heterocycles. The molecule has 1 saturated heterocycles. The van der Waals surface area contributed by atoms with Crippen LogP contribution in [-0.4, -0.2) is 56.1 Å². The minimum atomic E-state index is -0.522. The van der Waals surface area contributed by atoms with E-state index in [1.54, 1.807) is 31.4 Å². The maximum Gasteiger partial charge on any atom is 0.411 e. The Kier molecular flexibility index (Phi) is 6.98. The lowest BCUT2D eigenvalue weighted by atomic mass is 9.91. The Bertz CT molecular complexity index is 1110. The smallest absolute Gasteiger partial charge is 0.411 e. The second-order valence-electron chi connectivity index (χ2n) is 8.19. The number of likely N-dealkylation sites (tertiary alicyclic amines) is 1. The molecule has 2 aromatic carbocycles. The normalized spacial score (nSPS) is 15.9. The van der Waals surface area contributed by atoms with Crippen molar-refractivity contribution in [3.05, 3.63) is 47.9 Å². The molecule has 0 spiro atoms. The molecule has 2 heterocycles. The van der Waals surface area contributed by atoms with Gasteiger partial charge in [-0.3, -0.25) is 10.2 Å². The van der Waals surface area contributed by atoms with Crippen LogP contribution in [0.15, 0.2) is 40.9 Å². The number of nitrogens with zero attached hydrogens (tertiary/aromatic N) is 2. The van der Waals surface area contributed by atoms with Gasteiger partial charge in [-0.1, -0.05) is 5.16 Å². The molecule has 33 heavy (non-hydrogen) atoms. The lowest BCUT2D eigenvalue weighted by Gasteiger charge is -2.32. The first-order valence-corrected chi connectivity index (χ1v) is 10.9. The second-order valence-corrected chi connectivity index (χ2v) is 8.19. The van der Waals surface area contributed by atoms with Crippen molar-refractivity contribution < 1.29 is 27.9 Å². The van der Waals surface area contributed by atoms with E-state index < -0.39 is 6.09 Å². The van der Waals surface area contributed by atoms with E-state index in [9.17, 15) is 9.18 Å². The number of carbonyl (C=O) groups is 1. The molecule has 1 atom stereocenters. The van der Waals surface area contributed by atoms with Crippen LogP contribution >= 0.6 is 0 Å². The zero-order valence-electron chi connectivity index (χ0n) is 19.0. The maximum absolute atomic E-state index is 13.4. The number of benzene rings is 2. The van der Waals surface area contributed by atoms with E-state index in [2.05, 4.69) is 15.4 Å². The minimum Gasteiger partial charge on any atom is -0.493 e. The summed E-state index contributed by atoms with van der Waals surface area (Å²) in [5, 5.41) is 7.79. The summed E-state index contributed by atoms with van der Waals surface area (Å²) < 4.78 is 34.7. The molecule has 3 aromatic rings. The van der Waals surface area contributed by atoms with E-state index in [1.165, 1.54) is 19.2 Å². The molecule has 1 N–H and O–H groups in total. The quantitative estimate of drug-likeness (QED) is 0.545. The number of fused-ring (bicyclic) bond motifs is 1. The van der Waals surface area contributed by atoms with E-state index in [-0.39, 0.29) is 17.8 Å². The highest BCUT2D eigenvalue weighted by atomic mass is 19.1. The minimum absolute atomic E-state index is 0.262. The van der Waals surface area contributed by atoms with Crippen LogP contribution < -0.4 is 14.8 Å². The molecule has 1 amide bonds. The first-order chi connectivity index (χ1) is 16.0. The molecular formula is C24H28FN3O5. The highest BCUT2D eigenvalue weighted by Crippen LogP contribution is 2.33. The van der Waals surface area contributed by atoms with Crippen LogP contribution in [0.25, 0.3) is 11.0 Å². The summed E-state index contributed by atoms with van der Waals surface area (Å²) in [6.45, 7) is 4.22. The molecule has 4 rings (SSSR count). The van der Waals surface area contributed by atoms with E-state index in [4.69, 9.17) is 18.7 Å². The van der Waals surface area contributed by atoms with Gasteiger partial charge in [0.05, 0.1) is 19.9 Å². The van der Waals surface area contributed by atoms with Gasteiger partial charge in [0.2, 0.25) is 0 Å². The first kappa shape index (κ1) is 22.8. The fraction of sp³-hybridized carbons (Fsp3) is 0.417. The van der Waals surface area contributed by atoms with Gasteiger partial charge in [0.15, 0.2) is 17.1 Å². The van der Waals surface area contributed by atoms with Gasteiger partial charge in [-0.05, 0) is 57.1 Å². The molecule has 1 unspecified atom stereocenters. The Morgan fingerprint density at radius 2 is 1.94 bits per heavy atom. The summed E-state index contributed by atoms with van der Waals surface area (Å²) in [7, 11) is 3.09. The summed E-state index contributed by atoms with van der Waals surface area (Å²) >= 11 is 0. The number of carbonyl (C=O) groups excluding carboxylic acids is 1. The number of anilines is 1. The standard InChI is InChI=1S/C24H28FN3O5/c1-15(32-24(29)26-18-5-7-20(30-2)22(13-18)31-3)14-28-10-8-16(9-11-28)23-19-6-4-17(25)12-21(19)33-27-23/h4-7,12-13,15-16H,8-11,14H2,1-3H3,(H,26,29). The molecule has 0 radical (unpaired) electrons. The molecule has 0 bridgehead atoms. The number of hydrogen-bond acceptors (Lipinski definition) is 7. The van der Waals surface area contributed by atoms with Gasteiger partial charge in [0.25, 0.3) is 0 Å². The van der Waals surface area contributed by atoms with Crippen LogP contribution in [0.2, 0.25) is 0 Å². The Labute approximate surface area is 191 Å². The number of hydrogen-bond donors (Lipinski definition) is 1. The van der Waals surface area contributed by atoms with Crippen LogP contribution in [-0.2, 0) is 4.74 Å². The van der Waals surface area contributed by atoms with Gasteiger partial charge < -0.3 is 18.7 Å². The number of aromatic nitrogens is 1. The summed E-state index contributed by atoms with van der Waals surface area (Å²) in [6.07, 6.45) is 1.01. The zero-order chi connectivity index (χ0) is 23.4. The fourth-order valence-corrected chi connectivity index (χ4v) is 4.26. The zero-order valence-corrected chi connectivity index (χ0v) is 19.0. The number of nitrogens with one attached hydrogen (secondary N) is 1. The number of piperidine rings is 1. The molecule has 9 heteroatoms. The second kappa shape index (κ2) is 10.1. The summed E-state index contributed by atoms with van der Waals surface area (Å²) in [4.78, 5) is 14.6. The van der Waals surface area contributed by atoms with Crippen molar-refractivity contribution in [3.8, 4) is 11.5 Å². The molecule has 1 aliphatic rings. The lowest BCUT2D eigenvalue weighted by molar-refractivity contribution is 0.0806. The van der Waals surface area contributed by atoms with Crippen molar-refractivity contribution in [1.82, 2.24) is 10.1 Å².